The number of nitrogens with zero attached hydrogens (tertiary/aromatic N) is 1. The molecule has 1 amide bonds. The van der Waals surface area contributed by atoms with Crippen LogP contribution in [0, 0.1) is 0 Å². The Morgan fingerprint density at radius 3 is 3.00 bits per heavy atom. The van der Waals surface area contributed by atoms with E-state index in [2.05, 4.69) is 20.6 Å². The number of hydrogen-bond donors (Lipinski definition) is 3. The van der Waals surface area contributed by atoms with Gasteiger partial charge in [-0.3, -0.25) is 9.59 Å². The third-order valence-electron chi connectivity index (χ3n) is 4.22. The largest absolute Gasteiger partial charge is 0.354 e. The molecule has 0 aromatic carbocycles. The summed E-state index contributed by atoms with van der Waals surface area (Å²) < 4.78 is 0. The summed E-state index contributed by atoms with van der Waals surface area (Å²) in [7, 11) is 0. The fraction of sp³-hybridized carbons (Fsp3) is 0.588. The maximum Gasteiger partial charge on any atom is 0.259 e. The molecule has 2 aromatic heterocycles. The summed E-state index contributed by atoms with van der Waals surface area (Å²) in [6.45, 7) is 4.35. The van der Waals surface area contributed by atoms with Crippen molar-refractivity contribution in [2.45, 2.75) is 38.4 Å². The Balaban J connectivity index is 1.57. The third kappa shape index (κ3) is 4.62. The van der Waals surface area contributed by atoms with Gasteiger partial charge in [-0.15, -0.1) is 23.1 Å². The molecule has 3 N–H and O–H groups in total. The molecule has 25 heavy (non-hydrogen) atoms. The lowest BCUT2D eigenvalue weighted by molar-refractivity contribution is -0.118. The molecule has 0 bridgehead atoms. The molecule has 0 saturated carbocycles. The molecule has 136 valence electrons. The fourth-order valence-electron chi connectivity index (χ4n) is 3.04. The van der Waals surface area contributed by atoms with Gasteiger partial charge in [0.1, 0.15) is 10.7 Å². The van der Waals surface area contributed by atoms with Crippen molar-refractivity contribution in [3.05, 3.63) is 26.6 Å². The zero-order chi connectivity index (χ0) is 17.6. The van der Waals surface area contributed by atoms with Gasteiger partial charge in [0.25, 0.3) is 5.56 Å². The Morgan fingerprint density at radius 1 is 1.32 bits per heavy atom. The van der Waals surface area contributed by atoms with E-state index in [9.17, 15) is 9.59 Å². The summed E-state index contributed by atoms with van der Waals surface area (Å²) in [5, 5.41) is 6.81. The first kappa shape index (κ1) is 18.4. The number of fused-ring (bicyclic) bond motifs is 3. The van der Waals surface area contributed by atoms with Gasteiger partial charge in [-0.05, 0) is 37.8 Å². The molecule has 6 nitrogen and oxygen atoms in total. The minimum absolute atomic E-state index is 0.0120. The van der Waals surface area contributed by atoms with E-state index in [0.29, 0.717) is 23.9 Å². The number of aromatic amines is 1. The maximum absolute atomic E-state index is 12.4. The zero-order valence-corrected chi connectivity index (χ0v) is 16.1. The van der Waals surface area contributed by atoms with Crippen LogP contribution >= 0.6 is 23.1 Å². The number of H-pyrrole nitrogens is 1. The number of aromatic nitrogens is 2. The molecule has 1 aliphatic carbocycles. The summed E-state index contributed by atoms with van der Waals surface area (Å²) in [5.41, 5.74) is 1.18. The zero-order valence-electron chi connectivity index (χ0n) is 14.4. The van der Waals surface area contributed by atoms with Gasteiger partial charge in [0.15, 0.2) is 0 Å². The van der Waals surface area contributed by atoms with Crippen LogP contribution in [0.1, 0.15) is 36.0 Å². The van der Waals surface area contributed by atoms with Crippen LogP contribution in [0.4, 0.5) is 0 Å². The van der Waals surface area contributed by atoms with E-state index in [4.69, 9.17) is 0 Å². The van der Waals surface area contributed by atoms with Crippen molar-refractivity contribution in [3.8, 4) is 0 Å². The van der Waals surface area contributed by atoms with Gasteiger partial charge in [0.2, 0.25) is 5.91 Å². The number of carbonyl (C=O) groups is 1. The van der Waals surface area contributed by atoms with E-state index < -0.39 is 0 Å². The highest BCUT2D eigenvalue weighted by atomic mass is 32.2. The Hall–Kier alpha value is -1.38. The number of thiophene rings is 1. The number of hydrogen-bond acceptors (Lipinski definition) is 6. The fourth-order valence-corrected chi connectivity index (χ4v) is 5.04. The van der Waals surface area contributed by atoms with Crippen LogP contribution in [0.25, 0.3) is 10.2 Å². The first-order valence-corrected chi connectivity index (χ1v) is 10.7. The quantitative estimate of drug-likeness (QED) is 0.608. The van der Waals surface area contributed by atoms with Gasteiger partial charge < -0.3 is 15.6 Å². The summed E-state index contributed by atoms with van der Waals surface area (Å²) in [5.74, 6) is 1.57. The lowest BCUT2D eigenvalue weighted by atomic mass is 9.97. The van der Waals surface area contributed by atoms with E-state index in [1.807, 2.05) is 6.92 Å². The first-order chi connectivity index (χ1) is 12.2. The molecule has 0 spiro atoms. The average Bonchev–Trinajstić information content (AvgIpc) is 2.97. The number of aryl methyl sites for hydroxylation is 2. The van der Waals surface area contributed by atoms with E-state index in [1.54, 1.807) is 11.3 Å². The maximum atomic E-state index is 12.4. The summed E-state index contributed by atoms with van der Waals surface area (Å²) in [4.78, 5) is 33.9. The highest BCUT2D eigenvalue weighted by Crippen LogP contribution is 2.33. The molecule has 0 saturated heterocycles. The smallest absolute Gasteiger partial charge is 0.259 e. The van der Waals surface area contributed by atoms with Crippen LogP contribution in [0.15, 0.2) is 4.79 Å². The van der Waals surface area contributed by atoms with E-state index in [1.165, 1.54) is 28.6 Å². The van der Waals surface area contributed by atoms with Crippen LogP contribution < -0.4 is 16.2 Å². The first-order valence-electron chi connectivity index (χ1n) is 8.77. The predicted octanol–water partition coefficient (Wildman–Crippen LogP) is 1.82. The van der Waals surface area contributed by atoms with Crippen molar-refractivity contribution >= 4 is 39.2 Å². The van der Waals surface area contributed by atoms with Gasteiger partial charge in [-0.1, -0.05) is 6.92 Å². The third-order valence-corrected chi connectivity index (χ3v) is 6.35. The topological polar surface area (TPSA) is 86.9 Å². The Morgan fingerprint density at radius 2 is 2.16 bits per heavy atom. The van der Waals surface area contributed by atoms with Crippen molar-refractivity contribution < 1.29 is 4.79 Å². The highest BCUT2D eigenvalue weighted by molar-refractivity contribution is 7.99. The molecule has 1 aliphatic rings. The summed E-state index contributed by atoms with van der Waals surface area (Å²) >= 11 is 3.13. The molecule has 2 heterocycles. The van der Waals surface area contributed by atoms with Crippen LogP contribution in [0.3, 0.4) is 0 Å². The molecule has 2 aromatic rings. The highest BCUT2D eigenvalue weighted by Gasteiger charge is 2.19. The second-order valence-electron chi connectivity index (χ2n) is 6.10. The molecule has 0 radical (unpaired) electrons. The Bertz CT molecular complexity index is 800. The number of carbonyl (C=O) groups excluding carboxylic acids is 1. The predicted molar refractivity (Wildman–Crippen MR) is 105 cm³/mol. The van der Waals surface area contributed by atoms with E-state index >= 15 is 0 Å². The standard InChI is InChI=1S/C17H24N4O2S2/c1-2-18-7-8-19-14(22)10-24-9-13-20-16(23)15-11-5-3-4-6-12(11)25-17(15)21-13/h18H,2-10H2,1H3,(H,19,22)(H,20,21,23). The Labute approximate surface area is 155 Å². The minimum atomic E-state index is -0.0323. The SMILES string of the molecule is CCNCCNC(=O)CSCc1nc2sc3c(c2c(=O)[nH]1)CCCC3. The molecular formula is C17H24N4O2S2. The van der Waals surface area contributed by atoms with E-state index in [-0.39, 0.29) is 11.5 Å². The molecular weight excluding hydrogens is 356 g/mol. The van der Waals surface area contributed by atoms with Gasteiger partial charge in [0, 0.05) is 18.0 Å². The van der Waals surface area contributed by atoms with Crippen molar-refractivity contribution in [2.24, 2.45) is 0 Å². The van der Waals surface area contributed by atoms with Crippen LogP contribution in [0.5, 0.6) is 0 Å². The molecule has 0 atom stereocenters. The number of rotatable bonds is 8. The molecule has 3 rings (SSSR count). The van der Waals surface area contributed by atoms with Crippen LogP contribution in [0.2, 0.25) is 0 Å². The lowest BCUT2D eigenvalue weighted by Crippen LogP contribution is -2.32. The molecule has 0 aliphatic heterocycles. The lowest BCUT2D eigenvalue weighted by Gasteiger charge is -2.09. The van der Waals surface area contributed by atoms with Gasteiger partial charge in [0.05, 0.1) is 16.9 Å². The number of thioether (sulfide) groups is 1. The molecule has 8 heteroatoms. The molecule has 0 unspecified atom stereocenters. The van der Waals surface area contributed by atoms with Crippen molar-refractivity contribution in [1.29, 1.82) is 0 Å². The Kier molecular flexibility index (Phi) is 6.50. The summed E-state index contributed by atoms with van der Waals surface area (Å²) in [6.07, 6.45) is 4.40. The second kappa shape index (κ2) is 8.82. The number of amides is 1. The van der Waals surface area contributed by atoms with Crippen molar-refractivity contribution in [1.82, 2.24) is 20.6 Å². The number of nitrogens with one attached hydrogen (secondary N) is 3. The number of likely N-dealkylation sites (N-methyl/N-ethyl adjacent to an activating group) is 1. The normalized spacial score (nSPS) is 13.8. The van der Waals surface area contributed by atoms with Gasteiger partial charge in [-0.2, -0.15) is 0 Å². The average molecular weight is 381 g/mol. The van der Waals surface area contributed by atoms with Crippen molar-refractivity contribution in [2.75, 3.05) is 25.4 Å². The van der Waals surface area contributed by atoms with Gasteiger partial charge in [-0.25, -0.2) is 4.98 Å². The van der Waals surface area contributed by atoms with E-state index in [0.717, 1.165) is 42.6 Å². The van der Waals surface area contributed by atoms with Crippen LogP contribution in [-0.2, 0) is 23.4 Å². The molecule has 0 fully saturated rings. The van der Waals surface area contributed by atoms with Crippen molar-refractivity contribution in [3.63, 3.8) is 0 Å². The second-order valence-corrected chi connectivity index (χ2v) is 8.17. The van der Waals surface area contributed by atoms with Crippen LogP contribution in [-0.4, -0.2) is 41.3 Å². The summed E-state index contributed by atoms with van der Waals surface area (Å²) in [6, 6.07) is 0. The minimum Gasteiger partial charge on any atom is -0.354 e. The monoisotopic (exact) mass is 380 g/mol. The van der Waals surface area contributed by atoms with Gasteiger partial charge >= 0.3 is 0 Å².